The molecule has 4 aliphatic carbocycles. The van der Waals surface area contributed by atoms with Crippen molar-refractivity contribution in [2.24, 2.45) is 46.3 Å². The summed E-state index contributed by atoms with van der Waals surface area (Å²) in [7, 11) is 0. The van der Waals surface area contributed by atoms with Gasteiger partial charge in [0.05, 0.1) is 5.33 Å². The molecule has 0 amide bonds. The van der Waals surface area contributed by atoms with Crippen molar-refractivity contribution in [3.05, 3.63) is 0 Å². The van der Waals surface area contributed by atoms with Crippen LogP contribution < -0.4 is 0 Å². The number of rotatable bonds is 2. The van der Waals surface area contributed by atoms with E-state index in [0.717, 1.165) is 36.0 Å². The Balaban J connectivity index is 1.60. The number of alkyl halides is 1. The fraction of sp³-hybridized carbons (Fsp3) is 0.955. The van der Waals surface area contributed by atoms with Gasteiger partial charge in [-0.05, 0) is 91.8 Å². The van der Waals surface area contributed by atoms with Gasteiger partial charge in [0.1, 0.15) is 5.78 Å². The maximum Gasteiger partial charge on any atom is 0.147 e. The third-order valence-electron chi connectivity index (χ3n) is 9.45. The van der Waals surface area contributed by atoms with Gasteiger partial charge < -0.3 is 0 Å². The van der Waals surface area contributed by atoms with Crippen LogP contribution in [0.15, 0.2) is 0 Å². The van der Waals surface area contributed by atoms with Gasteiger partial charge in [0.2, 0.25) is 0 Å². The first kappa shape index (κ1) is 17.6. The van der Waals surface area contributed by atoms with Crippen LogP contribution in [0.5, 0.6) is 0 Å². The zero-order valence-electron chi connectivity index (χ0n) is 15.8. The van der Waals surface area contributed by atoms with E-state index in [2.05, 4.69) is 36.7 Å². The molecule has 8 atom stereocenters. The first-order chi connectivity index (χ1) is 11.4. The molecule has 0 aromatic rings. The highest BCUT2D eigenvalue weighted by atomic mass is 79.9. The largest absolute Gasteiger partial charge is 0.298 e. The van der Waals surface area contributed by atoms with Crippen LogP contribution in [0.4, 0.5) is 0 Å². The Hall–Kier alpha value is 0.150. The number of carbonyl (C=O) groups is 1. The van der Waals surface area contributed by atoms with E-state index < -0.39 is 0 Å². The lowest BCUT2D eigenvalue weighted by Crippen LogP contribution is -2.53. The number of hydrogen-bond donors (Lipinski definition) is 0. The van der Waals surface area contributed by atoms with Crippen molar-refractivity contribution in [3.8, 4) is 0 Å². The Kier molecular flexibility index (Phi) is 4.46. The predicted octanol–water partition coefficient (Wildman–Crippen LogP) is 6.25. The van der Waals surface area contributed by atoms with Crippen molar-refractivity contribution in [3.63, 3.8) is 0 Å². The fourth-order valence-electron chi connectivity index (χ4n) is 8.09. The van der Waals surface area contributed by atoms with E-state index in [9.17, 15) is 4.79 Å². The SMILES string of the molecule is C[C@H]1CC[C@]2(C)C3CC[C@@]4(C)C(CC[C@@H]4C(=O)CBr)[C@@H]3CC[C@@H]2C1. The average Bonchev–Trinajstić information content (AvgIpc) is 2.92. The third-order valence-corrected chi connectivity index (χ3v) is 10.0. The molecule has 0 spiro atoms. The van der Waals surface area contributed by atoms with Crippen molar-refractivity contribution < 1.29 is 4.79 Å². The lowest BCUT2D eigenvalue weighted by Gasteiger charge is -2.61. The summed E-state index contributed by atoms with van der Waals surface area (Å²) in [6, 6.07) is 0. The molecule has 136 valence electrons. The molecular formula is C22H35BrO. The number of halogens is 1. The second kappa shape index (κ2) is 6.10. The quantitative estimate of drug-likeness (QED) is 0.506. The summed E-state index contributed by atoms with van der Waals surface area (Å²) in [6.07, 6.45) is 12.5. The lowest BCUT2D eigenvalue weighted by atomic mass is 9.44. The van der Waals surface area contributed by atoms with E-state index in [1.54, 1.807) is 0 Å². The van der Waals surface area contributed by atoms with Crippen LogP contribution in [0.2, 0.25) is 0 Å². The highest BCUT2D eigenvalue weighted by molar-refractivity contribution is 9.09. The van der Waals surface area contributed by atoms with Gasteiger partial charge in [-0.3, -0.25) is 4.79 Å². The molecule has 2 unspecified atom stereocenters. The summed E-state index contributed by atoms with van der Waals surface area (Å²) >= 11 is 3.44. The smallest absolute Gasteiger partial charge is 0.147 e. The lowest BCUT2D eigenvalue weighted by molar-refractivity contribution is -0.134. The molecule has 0 bridgehead atoms. The number of Topliss-reactive ketones (excluding diaryl/α,β-unsaturated/α-hetero) is 1. The maximum absolute atomic E-state index is 12.5. The number of ketones is 1. The van der Waals surface area contributed by atoms with Crippen molar-refractivity contribution >= 4 is 21.7 Å². The second-order valence-electron chi connectivity index (χ2n) is 10.3. The molecule has 4 fully saturated rings. The summed E-state index contributed by atoms with van der Waals surface area (Å²) in [6.45, 7) is 7.60. The zero-order valence-corrected chi connectivity index (χ0v) is 17.4. The Morgan fingerprint density at radius 2 is 1.67 bits per heavy atom. The van der Waals surface area contributed by atoms with Crippen molar-refractivity contribution in [1.29, 1.82) is 0 Å². The van der Waals surface area contributed by atoms with Crippen LogP contribution in [-0.2, 0) is 4.79 Å². The standard InChI is InChI=1S/C22H35BrO/c1-14-8-10-21(2)15(12-14)4-5-16-17-6-7-19(20(24)13-23)22(17,3)11-9-18(16)21/h14-19H,4-13H2,1-3H3/t14-,15+,16-,17?,18?,19+,21-,22-/m0/s1. The highest BCUT2D eigenvalue weighted by Crippen LogP contribution is 2.67. The van der Waals surface area contributed by atoms with E-state index in [4.69, 9.17) is 0 Å². The third kappa shape index (κ3) is 2.41. The predicted molar refractivity (Wildman–Crippen MR) is 103 cm³/mol. The molecule has 4 saturated carbocycles. The Bertz CT molecular complexity index is 516. The first-order valence-corrected chi connectivity index (χ1v) is 11.6. The molecule has 0 saturated heterocycles. The monoisotopic (exact) mass is 394 g/mol. The summed E-state index contributed by atoms with van der Waals surface area (Å²) in [5.74, 6) is 5.41. The molecule has 1 nitrogen and oxygen atoms in total. The second-order valence-corrected chi connectivity index (χ2v) is 10.9. The van der Waals surface area contributed by atoms with Gasteiger partial charge in [0.25, 0.3) is 0 Å². The van der Waals surface area contributed by atoms with Gasteiger partial charge in [0.15, 0.2) is 0 Å². The normalized spacial score (nSPS) is 53.8. The molecular weight excluding hydrogens is 360 g/mol. The minimum absolute atomic E-state index is 0.303. The van der Waals surface area contributed by atoms with E-state index in [0.29, 0.717) is 27.9 Å². The summed E-state index contributed by atoms with van der Waals surface area (Å²) < 4.78 is 0. The Morgan fingerprint density at radius 3 is 2.42 bits per heavy atom. The van der Waals surface area contributed by atoms with E-state index in [-0.39, 0.29) is 0 Å². The highest BCUT2D eigenvalue weighted by Gasteiger charge is 2.60. The maximum atomic E-state index is 12.5. The average molecular weight is 395 g/mol. The number of hydrogen-bond acceptors (Lipinski definition) is 1. The van der Waals surface area contributed by atoms with Crippen LogP contribution >= 0.6 is 15.9 Å². The first-order valence-electron chi connectivity index (χ1n) is 10.5. The molecule has 0 N–H and O–H groups in total. The van der Waals surface area contributed by atoms with E-state index in [1.807, 2.05) is 0 Å². The molecule has 0 aliphatic heterocycles. The van der Waals surface area contributed by atoms with Crippen LogP contribution in [0.25, 0.3) is 0 Å². The molecule has 2 heteroatoms. The molecule has 4 aliphatic rings. The van der Waals surface area contributed by atoms with Crippen LogP contribution in [0.3, 0.4) is 0 Å². The van der Waals surface area contributed by atoms with Gasteiger partial charge in [-0.15, -0.1) is 0 Å². The zero-order chi connectivity index (χ0) is 17.1. The fourth-order valence-corrected chi connectivity index (χ4v) is 8.49. The molecule has 0 aromatic heterocycles. The number of carbonyl (C=O) groups excluding carboxylic acids is 1. The summed E-state index contributed by atoms with van der Waals surface area (Å²) in [5.41, 5.74) is 0.908. The molecule has 24 heavy (non-hydrogen) atoms. The van der Waals surface area contributed by atoms with E-state index >= 15 is 0 Å². The van der Waals surface area contributed by atoms with Gasteiger partial charge >= 0.3 is 0 Å². The number of fused-ring (bicyclic) bond motifs is 5. The van der Waals surface area contributed by atoms with E-state index in [1.165, 1.54) is 51.4 Å². The van der Waals surface area contributed by atoms with Crippen LogP contribution in [-0.4, -0.2) is 11.1 Å². The van der Waals surface area contributed by atoms with Gasteiger partial charge in [-0.2, -0.15) is 0 Å². The molecule has 0 aromatic carbocycles. The van der Waals surface area contributed by atoms with Gasteiger partial charge in [-0.25, -0.2) is 0 Å². The van der Waals surface area contributed by atoms with Crippen LogP contribution in [0, 0.1) is 46.3 Å². The minimum atomic E-state index is 0.303. The van der Waals surface area contributed by atoms with Crippen molar-refractivity contribution in [2.45, 2.75) is 78.6 Å². The topological polar surface area (TPSA) is 17.1 Å². The Morgan fingerprint density at radius 1 is 0.958 bits per heavy atom. The van der Waals surface area contributed by atoms with Gasteiger partial charge in [0, 0.05) is 5.92 Å². The van der Waals surface area contributed by atoms with Crippen LogP contribution in [0.1, 0.15) is 78.6 Å². The van der Waals surface area contributed by atoms with Gasteiger partial charge in [-0.1, -0.05) is 43.1 Å². The minimum Gasteiger partial charge on any atom is -0.298 e. The summed E-state index contributed by atoms with van der Waals surface area (Å²) in [4.78, 5) is 12.5. The van der Waals surface area contributed by atoms with Crippen molar-refractivity contribution in [1.82, 2.24) is 0 Å². The molecule has 4 rings (SSSR count). The molecule has 0 heterocycles. The summed E-state index contributed by atoms with van der Waals surface area (Å²) in [5, 5.41) is 0.561. The van der Waals surface area contributed by atoms with Crippen molar-refractivity contribution in [2.75, 3.05) is 5.33 Å². The molecule has 0 radical (unpaired) electrons. The Labute approximate surface area is 156 Å².